The molecule has 3 aromatic heterocycles. The van der Waals surface area contributed by atoms with Crippen LogP contribution in [0.4, 0.5) is 5.69 Å². The standard InChI is InChI=1S/C16H12N6O3S/c23-16-19-10-18-15-14(9-20-22(15)16)11-3-5-13(6-4-11)26(24,25)21-12-2-1-7-17-8-12/h1-10,21H,(H,18,19,23). The minimum Gasteiger partial charge on any atom is -0.479 e. The number of rotatable bonds is 4. The first-order valence-corrected chi connectivity index (χ1v) is 8.94. The molecule has 0 amide bonds. The number of hydrogen-bond acceptors (Lipinski definition) is 7. The van der Waals surface area contributed by atoms with Crippen molar-refractivity contribution in [3.05, 3.63) is 61.3 Å². The summed E-state index contributed by atoms with van der Waals surface area (Å²) in [5, 5.41) is 13.7. The Balaban J connectivity index is 1.67. The van der Waals surface area contributed by atoms with E-state index >= 15 is 0 Å². The minimum absolute atomic E-state index is 0.110. The van der Waals surface area contributed by atoms with E-state index in [1.807, 2.05) is 0 Å². The molecule has 0 saturated heterocycles. The maximum absolute atomic E-state index is 12.4. The molecule has 0 aliphatic rings. The van der Waals surface area contributed by atoms with Gasteiger partial charge < -0.3 is 5.11 Å². The third-order valence-electron chi connectivity index (χ3n) is 3.68. The summed E-state index contributed by atoms with van der Waals surface area (Å²) in [6.07, 6.45) is 5.74. The number of anilines is 1. The average molecular weight is 368 g/mol. The van der Waals surface area contributed by atoms with Crippen LogP contribution in [0.3, 0.4) is 0 Å². The summed E-state index contributed by atoms with van der Waals surface area (Å²) in [6, 6.07) is 9.24. The van der Waals surface area contributed by atoms with E-state index in [9.17, 15) is 13.5 Å². The molecule has 2 N–H and O–H groups in total. The van der Waals surface area contributed by atoms with Gasteiger partial charge in [-0.25, -0.2) is 13.4 Å². The van der Waals surface area contributed by atoms with Gasteiger partial charge >= 0.3 is 6.01 Å². The van der Waals surface area contributed by atoms with E-state index in [0.717, 1.165) is 0 Å². The molecule has 0 spiro atoms. The number of benzene rings is 1. The van der Waals surface area contributed by atoms with Gasteiger partial charge in [0.05, 0.1) is 23.0 Å². The highest BCUT2D eigenvalue weighted by atomic mass is 32.2. The Hall–Kier alpha value is -3.53. The van der Waals surface area contributed by atoms with Gasteiger partial charge in [-0.15, -0.1) is 0 Å². The summed E-state index contributed by atoms with van der Waals surface area (Å²) in [7, 11) is -3.72. The zero-order chi connectivity index (χ0) is 18.1. The summed E-state index contributed by atoms with van der Waals surface area (Å²) in [6.45, 7) is 0. The third-order valence-corrected chi connectivity index (χ3v) is 5.07. The molecule has 1 aromatic carbocycles. The fourth-order valence-electron chi connectivity index (χ4n) is 2.46. The second kappa shape index (κ2) is 6.08. The molecule has 4 rings (SSSR count). The first-order chi connectivity index (χ1) is 12.5. The molecule has 3 heterocycles. The Morgan fingerprint density at radius 1 is 1.04 bits per heavy atom. The van der Waals surface area contributed by atoms with Crippen molar-refractivity contribution in [3.8, 4) is 17.1 Å². The lowest BCUT2D eigenvalue weighted by molar-refractivity contribution is 0.411. The molecule has 4 aromatic rings. The molecule has 130 valence electrons. The van der Waals surface area contributed by atoms with Gasteiger partial charge in [-0.1, -0.05) is 12.1 Å². The van der Waals surface area contributed by atoms with Gasteiger partial charge in [0.15, 0.2) is 5.65 Å². The second-order valence-corrected chi connectivity index (χ2v) is 7.02. The van der Waals surface area contributed by atoms with Crippen LogP contribution in [0.2, 0.25) is 0 Å². The first kappa shape index (κ1) is 16.0. The molecule has 10 heteroatoms. The van der Waals surface area contributed by atoms with Gasteiger partial charge in [0.2, 0.25) is 0 Å². The van der Waals surface area contributed by atoms with Crippen molar-refractivity contribution >= 4 is 21.4 Å². The summed E-state index contributed by atoms with van der Waals surface area (Å²) < 4.78 is 28.6. The molecule has 0 saturated carbocycles. The number of aromatic nitrogens is 5. The molecule has 0 aliphatic heterocycles. The van der Waals surface area contributed by atoms with Crippen LogP contribution in [0.5, 0.6) is 6.01 Å². The van der Waals surface area contributed by atoms with Crippen molar-refractivity contribution in [2.45, 2.75) is 4.90 Å². The molecule has 9 nitrogen and oxygen atoms in total. The number of nitrogens with zero attached hydrogens (tertiary/aromatic N) is 5. The lowest BCUT2D eigenvalue weighted by Crippen LogP contribution is -2.12. The van der Waals surface area contributed by atoms with Crippen molar-refractivity contribution in [2.75, 3.05) is 4.72 Å². The van der Waals surface area contributed by atoms with Gasteiger partial charge in [-0.2, -0.15) is 14.6 Å². The Bertz CT molecular complexity index is 1170. The first-order valence-electron chi connectivity index (χ1n) is 7.45. The van der Waals surface area contributed by atoms with E-state index in [1.54, 1.807) is 30.5 Å². The van der Waals surface area contributed by atoms with Crippen LogP contribution in [-0.2, 0) is 10.0 Å². The van der Waals surface area contributed by atoms with Crippen LogP contribution in [0.25, 0.3) is 16.8 Å². The zero-order valence-electron chi connectivity index (χ0n) is 13.2. The van der Waals surface area contributed by atoms with Crippen LogP contribution < -0.4 is 4.72 Å². The van der Waals surface area contributed by atoms with Crippen molar-refractivity contribution < 1.29 is 13.5 Å². The third kappa shape index (κ3) is 2.82. The number of hydrogen-bond donors (Lipinski definition) is 2. The predicted octanol–water partition coefficient (Wildman–Crippen LogP) is 1.69. The smallest absolute Gasteiger partial charge is 0.318 e. The number of sulfonamides is 1. The van der Waals surface area contributed by atoms with E-state index in [0.29, 0.717) is 22.5 Å². The van der Waals surface area contributed by atoms with Gasteiger partial charge in [0.25, 0.3) is 10.0 Å². The molecule has 0 aliphatic carbocycles. The minimum atomic E-state index is -3.72. The molecule has 0 unspecified atom stereocenters. The Morgan fingerprint density at radius 3 is 2.58 bits per heavy atom. The lowest BCUT2D eigenvalue weighted by atomic mass is 10.1. The monoisotopic (exact) mass is 368 g/mol. The van der Waals surface area contributed by atoms with Gasteiger partial charge in [0.1, 0.15) is 6.33 Å². The maximum atomic E-state index is 12.4. The quantitative estimate of drug-likeness (QED) is 0.562. The molecule has 0 bridgehead atoms. The van der Waals surface area contributed by atoms with Gasteiger partial charge in [-0.3, -0.25) is 9.71 Å². The van der Waals surface area contributed by atoms with E-state index in [2.05, 4.69) is 24.8 Å². The highest BCUT2D eigenvalue weighted by molar-refractivity contribution is 7.92. The number of aromatic hydroxyl groups is 1. The van der Waals surface area contributed by atoms with E-state index in [-0.39, 0.29) is 10.9 Å². The van der Waals surface area contributed by atoms with Crippen molar-refractivity contribution in [1.29, 1.82) is 0 Å². The molecular formula is C16H12N6O3S. The van der Waals surface area contributed by atoms with Crippen molar-refractivity contribution in [3.63, 3.8) is 0 Å². The van der Waals surface area contributed by atoms with Gasteiger partial charge in [0, 0.05) is 11.8 Å². The fraction of sp³-hybridized carbons (Fsp3) is 0. The van der Waals surface area contributed by atoms with E-state index in [1.165, 1.54) is 35.4 Å². The van der Waals surface area contributed by atoms with Gasteiger partial charge in [-0.05, 0) is 29.8 Å². The SMILES string of the molecule is O=S(=O)(Nc1cccnc1)c1ccc(-c2cnn3c(O)ncnc23)cc1. The maximum Gasteiger partial charge on any atom is 0.318 e. The van der Waals surface area contributed by atoms with Crippen LogP contribution in [0.1, 0.15) is 0 Å². The molecular weight excluding hydrogens is 356 g/mol. The fourth-order valence-corrected chi connectivity index (χ4v) is 3.50. The molecule has 0 fully saturated rings. The predicted molar refractivity (Wildman–Crippen MR) is 92.9 cm³/mol. The van der Waals surface area contributed by atoms with Crippen LogP contribution in [0, 0.1) is 0 Å². The van der Waals surface area contributed by atoms with Crippen molar-refractivity contribution in [1.82, 2.24) is 24.6 Å². The summed E-state index contributed by atoms with van der Waals surface area (Å²) in [5.41, 5.74) is 2.15. The largest absolute Gasteiger partial charge is 0.479 e. The number of fused-ring (bicyclic) bond motifs is 1. The topological polar surface area (TPSA) is 122 Å². The highest BCUT2D eigenvalue weighted by Crippen LogP contribution is 2.26. The summed E-state index contributed by atoms with van der Waals surface area (Å²) in [5.74, 6) is 0. The summed E-state index contributed by atoms with van der Waals surface area (Å²) in [4.78, 5) is 11.7. The number of pyridine rings is 1. The summed E-state index contributed by atoms with van der Waals surface area (Å²) >= 11 is 0. The average Bonchev–Trinajstić information content (AvgIpc) is 3.08. The van der Waals surface area contributed by atoms with Crippen molar-refractivity contribution in [2.24, 2.45) is 0 Å². The molecule has 26 heavy (non-hydrogen) atoms. The van der Waals surface area contributed by atoms with Crippen LogP contribution >= 0.6 is 0 Å². The van der Waals surface area contributed by atoms with E-state index < -0.39 is 10.0 Å². The molecule has 0 atom stereocenters. The number of nitrogens with one attached hydrogen (secondary N) is 1. The van der Waals surface area contributed by atoms with Crippen LogP contribution in [-0.4, -0.2) is 38.1 Å². The Kier molecular flexibility index (Phi) is 3.73. The zero-order valence-corrected chi connectivity index (χ0v) is 14.0. The highest BCUT2D eigenvalue weighted by Gasteiger charge is 2.16. The Morgan fingerprint density at radius 2 is 1.85 bits per heavy atom. The van der Waals surface area contributed by atoms with Crippen LogP contribution in [0.15, 0.2) is 66.2 Å². The lowest BCUT2D eigenvalue weighted by Gasteiger charge is -2.08. The second-order valence-electron chi connectivity index (χ2n) is 5.34. The van der Waals surface area contributed by atoms with E-state index in [4.69, 9.17) is 0 Å². The molecule has 0 radical (unpaired) electrons. The normalized spacial score (nSPS) is 11.5. The Labute approximate surface area is 148 Å².